The first kappa shape index (κ1) is 22.6. The van der Waals surface area contributed by atoms with Crippen molar-refractivity contribution in [3.05, 3.63) is 47.7 Å². The van der Waals surface area contributed by atoms with E-state index in [4.69, 9.17) is 18.7 Å². The van der Waals surface area contributed by atoms with Gasteiger partial charge in [-0.2, -0.15) is 0 Å². The number of rotatable bonds is 7. The molecule has 0 aliphatic carbocycles. The van der Waals surface area contributed by atoms with Crippen molar-refractivity contribution in [1.29, 1.82) is 0 Å². The van der Waals surface area contributed by atoms with Crippen molar-refractivity contribution in [3.8, 4) is 0 Å². The van der Waals surface area contributed by atoms with E-state index in [0.717, 1.165) is 35.4 Å². The largest absolute Gasteiger partial charge is 0.442 e. The van der Waals surface area contributed by atoms with Crippen LogP contribution in [-0.2, 0) is 19.0 Å². The summed E-state index contributed by atoms with van der Waals surface area (Å²) >= 11 is 0. The number of nitrogens with one attached hydrogen (secondary N) is 2. The van der Waals surface area contributed by atoms with E-state index in [2.05, 4.69) is 15.8 Å². The van der Waals surface area contributed by atoms with Crippen LogP contribution in [-0.4, -0.2) is 67.8 Å². The average molecular weight is 469 g/mol. The molecule has 2 saturated heterocycles. The van der Waals surface area contributed by atoms with Crippen LogP contribution in [0.1, 0.15) is 25.8 Å². The van der Waals surface area contributed by atoms with Gasteiger partial charge in [0.15, 0.2) is 11.6 Å². The van der Waals surface area contributed by atoms with E-state index in [9.17, 15) is 9.59 Å². The Balaban J connectivity index is 1.34. The topological polar surface area (TPSA) is 115 Å². The highest BCUT2D eigenvalue weighted by molar-refractivity contribution is 6.07. The zero-order chi connectivity index (χ0) is 23.7. The summed E-state index contributed by atoms with van der Waals surface area (Å²) in [4.78, 5) is 27.4. The van der Waals surface area contributed by atoms with Gasteiger partial charge in [-0.3, -0.25) is 9.69 Å². The van der Waals surface area contributed by atoms with Gasteiger partial charge in [-0.05, 0) is 43.5 Å². The highest BCUT2D eigenvalue weighted by Crippen LogP contribution is 2.35. The molecule has 1 aromatic carbocycles. The number of ether oxygens (including phenoxy) is 3. The number of hydrogen-bond donors (Lipinski definition) is 2. The summed E-state index contributed by atoms with van der Waals surface area (Å²) in [5.41, 5.74) is 2.93. The van der Waals surface area contributed by atoms with Crippen LogP contribution in [0.25, 0.3) is 5.57 Å². The molecule has 2 fully saturated rings. The van der Waals surface area contributed by atoms with Crippen LogP contribution in [0.5, 0.6) is 0 Å². The van der Waals surface area contributed by atoms with Crippen LogP contribution in [0.15, 0.2) is 46.7 Å². The fourth-order valence-electron chi connectivity index (χ4n) is 4.69. The van der Waals surface area contributed by atoms with E-state index in [0.29, 0.717) is 18.9 Å². The molecule has 1 amide bonds. The monoisotopic (exact) mass is 468 g/mol. The lowest BCUT2D eigenvalue weighted by atomic mass is 9.79. The summed E-state index contributed by atoms with van der Waals surface area (Å²) < 4.78 is 21.0. The number of hydrogen-bond acceptors (Lipinski definition) is 9. The van der Waals surface area contributed by atoms with Crippen molar-refractivity contribution in [3.63, 3.8) is 0 Å². The lowest BCUT2D eigenvalue weighted by Crippen LogP contribution is -2.49. The molecule has 3 aliphatic rings. The third-order valence-corrected chi connectivity index (χ3v) is 6.38. The molecule has 2 aromatic rings. The quantitative estimate of drug-likeness (QED) is 0.633. The van der Waals surface area contributed by atoms with E-state index in [1.165, 1.54) is 6.26 Å². The second kappa shape index (κ2) is 9.21. The van der Waals surface area contributed by atoms with Crippen LogP contribution < -0.4 is 15.5 Å². The SMILES string of the molecule is CC1(C)NCCC(c2ccc(N3C[C@H](CNc4ccon4)OC3=O)cc2)=C1C(=O)[C@@H]1COCO1. The summed E-state index contributed by atoms with van der Waals surface area (Å²) in [6.45, 7) is 6.05. The van der Waals surface area contributed by atoms with Crippen molar-refractivity contribution in [2.45, 2.75) is 38.0 Å². The van der Waals surface area contributed by atoms with Gasteiger partial charge in [0.25, 0.3) is 0 Å². The molecular formula is C24H28N4O6. The number of Topliss-reactive ketones (excluding diaryl/α,β-unsaturated/α-hetero) is 1. The number of ketones is 1. The molecule has 0 unspecified atom stereocenters. The summed E-state index contributed by atoms with van der Waals surface area (Å²) in [6, 6.07) is 9.40. The minimum Gasteiger partial charge on any atom is -0.442 e. The lowest BCUT2D eigenvalue weighted by Gasteiger charge is -2.36. The predicted octanol–water partition coefficient (Wildman–Crippen LogP) is 2.58. The molecule has 10 heteroatoms. The first-order chi connectivity index (χ1) is 16.4. The molecule has 0 saturated carbocycles. The Bertz CT molecular complexity index is 1070. The van der Waals surface area contributed by atoms with E-state index in [-0.39, 0.29) is 25.3 Å². The lowest BCUT2D eigenvalue weighted by molar-refractivity contribution is -0.124. The number of cyclic esters (lactones) is 1. The number of benzene rings is 1. The van der Waals surface area contributed by atoms with E-state index < -0.39 is 17.7 Å². The van der Waals surface area contributed by atoms with Gasteiger partial charge in [0, 0.05) is 29.4 Å². The molecule has 3 aliphatic heterocycles. The predicted molar refractivity (Wildman–Crippen MR) is 123 cm³/mol. The standard InChI is InChI=1S/C24H28N4O6/c1-24(2)21(22(29)19-13-31-14-32-19)18(7-9-26-24)15-3-5-16(6-4-15)28-12-17(34-23(28)30)11-25-20-8-10-33-27-20/h3-6,8,10,17,19,26H,7,9,11-14H2,1-2H3,(H,25,27)/t17-,19-/m0/s1. The van der Waals surface area contributed by atoms with Gasteiger partial charge in [-0.15, -0.1) is 0 Å². The minimum atomic E-state index is -0.578. The van der Waals surface area contributed by atoms with Crippen molar-refractivity contribution in [2.24, 2.45) is 0 Å². The fraction of sp³-hybridized carbons (Fsp3) is 0.458. The molecule has 34 heavy (non-hydrogen) atoms. The van der Waals surface area contributed by atoms with Gasteiger partial charge >= 0.3 is 6.09 Å². The molecule has 2 N–H and O–H groups in total. The number of aromatic nitrogens is 1. The van der Waals surface area contributed by atoms with Crippen molar-refractivity contribution < 1.29 is 28.3 Å². The molecule has 0 bridgehead atoms. The Kier molecular flexibility index (Phi) is 6.11. The molecule has 5 rings (SSSR count). The Morgan fingerprint density at radius 2 is 2.09 bits per heavy atom. The average Bonchev–Trinajstić information content (AvgIpc) is 3.59. The molecule has 1 aromatic heterocycles. The maximum Gasteiger partial charge on any atom is 0.414 e. The van der Waals surface area contributed by atoms with Crippen LogP contribution in [0.3, 0.4) is 0 Å². The van der Waals surface area contributed by atoms with E-state index in [1.807, 2.05) is 38.1 Å². The summed E-state index contributed by atoms with van der Waals surface area (Å²) in [5.74, 6) is 0.552. The Morgan fingerprint density at radius 3 is 2.79 bits per heavy atom. The Labute approximate surface area is 197 Å². The minimum absolute atomic E-state index is 0.0423. The van der Waals surface area contributed by atoms with Crippen LogP contribution >= 0.6 is 0 Å². The number of carbonyl (C=O) groups is 2. The number of carbonyl (C=O) groups excluding carboxylic acids is 2. The van der Waals surface area contributed by atoms with Gasteiger partial charge in [-0.25, -0.2) is 4.79 Å². The molecular weight excluding hydrogens is 440 g/mol. The van der Waals surface area contributed by atoms with Crippen molar-refractivity contribution in [1.82, 2.24) is 10.5 Å². The van der Waals surface area contributed by atoms with Gasteiger partial charge in [0.1, 0.15) is 25.3 Å². The van der Waals surface area contributed by atoms with E-state index >= 15 is 0 Å². The highest BCUT2D eigenvalue weighted by atomic mass is 16.7. The molecule has 180 valence electrons. The second-order valence-electron chi connectivity index (χ2n) is 9.09. The van der Waals surface area contributed by atoms with Crippen LogP contribution in [0.2, 0.25) is 0 Å². The van der Waals surface area contributed by atoms with Gasteiger partial charge < -0.3 is 29.4 Å². The van der Waals surface area contributed by atoms with Crippen LogP contribution in [0, 0.1) is 0 Å². The third kappa shape index (κ3) is 4.44. The zero-order valence-corrected chi connectivity index (χ0v) is 19.2. The normalized spacial score (nSPS) is 24.4. The summed E-state index contributed by atoms with van der Waals surface area (Å²) in [7, 11) is 0. The fourth-order valence-corrected chi connectivity index (χ4v) is 4.69. The number of amides is 1. The second-order valence-corrected chi connectivity index (χ2v) is 9.09. The van der Waals surface area contributed by atoms with E-state index in [1.54, 1.807) is 11.0 Å². The van der Waals surface area contributed by atoms with Crippen molar-refractivity contribution >= 4 is 29.0 Å². The van der Waals surface area contributed by atoms with Gasteiger partial charge in [0.2, 0.25) is 0 Å². The Morgan fingerprint density at radius 1 is 1.26 bits per heavy atom. The summed E-state index contributed by atoms with van der Waals surface area (Å²) in [6.07, 6.45) is 0.916. The molecule has 2 atom stereocenters. The molecule has 0 radical (unpaired) electrons. The zero-order valence-electron chi connectivity index (χ0n) is 19.2. The number of anilines is 2. The summed E-state index contributed by atoms with van der Waals surface area (Å²) in [5, 5.41) is 10.3. The first-order valence-corrected chi connectivity index (χ1v) is 11.4. The van der Waals surface area contributed by atoms with Gasteiger partial charge in [-0.1, -0.05) is 17.3 Å². The molecule has 10 nitrogen and oxygen atoms in total. The van der Waals surface area contributed by atoms with Gasteiger partial charge in [0.05, 0.1) is 19.7 Å². The van der Waals surface area contributed by atoms with Crippen LogP contribution in [0.4, 0.5) is 16.3 Å². The smallest absolute Gasteiger partial charge is 0.414 e. The molecule has 0 spiro atoms. The maximum absolute atomic E-state index is 13.3. The Hall–Kier alpha value is -3.21. The maximum atomic E-state index is 13.3. The first-order valence-electron chi connectivity index (χ1n) is 11.4. The number of nitrogens with zero attached hydrogens (tertiary/aromatic N) is 2. The third-order valence-electron chi connectivity index (χ3n) is 6.38. The van der Waals surface area contributed by atoms with Crippen molar-refractivity contribution in [2.75, 3.05) is 43.3 Å². The molecule has 4 heterocycles. The highest BCUT2D eigenvalue weighted by Gasteiger charge is 2.39.